The monoisotopic (exact) mass is 263 g/mol. The lowest BCUT2D eigenvalue weighted by Gasteiger charge is -2.18. The average molecular weight is 263 g/mol. The Labute approximate surface area is 114 Å². The number of hydrogen-bond acceptors (Lipinski definition) is 3. The van der Waals surface area contributed by atoms with Crippen molar-refractivity contribution in [2.45, 2.75) is 25.9 Å². The van der Waals surface area contributed by atoms with Crippen molar-refractivity contribution in [1.82, 2.24) is 4.90 Å². The van der Waals surface area contributed by atoms with E-state index in [0.29, 0.717) is 24.5 Å². The number of nitrogens with zero attached hydrogens (tertiary/aromatic N) is 1. The molecule has 0 aliphatic carbocycles. The fraction of sp³-hybridized carbons (Fsp3) is 0.533. The lowest BCUT2D eigenvalue weighted by atomic mass is 10.1. The van der Waals surface area contributed by atoms with Gasteiger partial charge < -0.3 is 14.4 Å². The zero-order valence-electron chi connectivity index (χ0n) is 11.6. The third-order valence-corrected chi connectivity index (χ3v) is 3.39. The van der Waals surface area contributed by atoms with Gasteiger partial charge in [-0.3, -0.25) is 4.79 Å². The third-order valence-electron chi connectivity index (χ3n) is 3.39. The van der Waals surface area contributed by atoms with Crippen molar-refractivity contribution in [3.63, 3.8) is 0 Å². The van der Waals surface area contributed by atoms with Gasteiger partial charge in [-0.2, -0.15) is 0 Å². The highest BCUT2D eigenvalue weighted by Crippen LogP contribution is 2.21. The number of hydrogen-bond donors (Lipinski definition) is 0. The molecule has 104 valence electrons. The van der Waals surface area contributed by atoms with E-state index in [1.54, 1.807) is 18.0 Å². The average Bonchev–Trinajstić information content (AvgIpc) is 2.97. The van der Waals surface area contributed by atoms with Gasteiger partial charge in [0.05, 0.1) is 11.7 Å². The van der Waals surface area contributed by atoms with Crippen molar-refractivity contribution in [3.05, 3.63) is 29.8 Å². The molecule has 4 nitrogen and oxygen atoms in total. The predicted molar refractivity (Wildman–Crippen MR) is 73.5 cm³/mol. The minimum Gasteiger partial charge on any atom is -0.490 e. The Morgan fingerprint density at radius 3 is 2.95 bits per heavy atom. The summed E-state index contributed by atoms with van der Waals surface area (Å²) in [6.07, 6.45) is 2.28. The third kappa shape index (κ3) is 3.47. The lowest BCUT2D eigenvalue weighted by Crippen LogP contribution is -2.27. The maximum Gasteiger partial charge on any atom is 0.257 e. The maximum atomic E-state index is 12.2. The highest BCUT2D eigenvalue weighted by Gasteiger charge is 2.19. The van der Waals surface area contributed by atoms with E-state index in [1.165, 1.54) is 0 Å². The summed E-state index contributed by atoms with van der Waals surface area (Å²) in [6, 6.07) is 7.38. The Morgan fingerprint density at radius 2 is 2.26 bits per heavy atom. The van der Waals surface area contributed by atoms with Gasteiger partial charge in [-0.15, -0.1) is 0 Å². The summed E-state index contributed by atoms with van der Waals surface area (Å²) in [4.78, 5) is 13.9. The molecule has 1 unspecified atom stereocenters. The Bertz CT molecular complexity index is 427. The molecular weight excluding hydrogens is 242 g/mol. The summed E-state index contributed by atoms with van der Waals surface area (Å²) < 4.78 is 11.3. The van der Waals surface area contributed by atoms with Gasteiger partial charge in [-0.25, -0.2) is 0 Å². The Morgan fingerprint density at radius 1 is 1.47 bits per heavy atom. The lowest BCUT2D eigenvalue weighted by molar-refractivity contribution is 0.0659. The summed E-state index contributed by atoms with van der Waals surface area (Å²) in [5.41, 5.74) is 0.616. The number of rotatable bonds is 5. The van der Waals surface area contributed by atoms with E-state index < -0.39 is 0 Å². The topological polar surface area (TPSA) is 38.8 Å². The molecule has 1 aromatic rings. The van der Waals surface area contributed by atoms with Gasteiger partial charge in [0.2, 0.25) is 0 Å². The molecule has 1 aliphatic heterocycles. The quantitative estimate of drug-likeness (QED) is 0.818. The minimum absolute atomic E-state index is 0.00885. The molecular formula is C15H21NO3. The molecule has 1 fully saturated rings. The predicted octanol–water partition coefficient (Wildman–Crippen LogP) is 2.34. The molecule has 1 heterocycles. The first kappa shape index (κ1) is 13.9. The van der Waals surface area contributed by atoms with Crippen LogP contribution in [0.5, 0.6) is 5.75 Å². The molecule has 19 heavy (non-hydrogen) atoms. The Kier molecular flexibility index (Phi) is 4.80. The summed E-state index contributed by atoms with van der Waals surface area (Å²) in [7, 11) is 1.79. The summed E-state index contributed by atoms with van der Waals surface area (Å²) in [6.45, 7) is 3.96. The molecule has 1 saturated heterocycles. The molecule has 0 aromatic heterocycles. The van der Waals surface area contributed by atoms with E-state index in [2.05, 4.69) is 0 Å². The van der Waals surface area contributed by atoms with E-state index in [-0.39, 0.29) is 12.0 Å². The van der Waals surface area contributed by atoms with Crippen LogP contribution >= 0.6 is 0 Å². The summed E-state index contributed by atoms with van der Waals surface area (Å²) >= 11 is 0. The van der Waals surface area contributed by atoms with E-state index in [4.69, 9.17) is 9.47 Å². The van der Waals surface area contributed by atoms with Crippen molar-refractivity contribution in [2.24, 2.45) is 0 Å². The Hall–Kier alpha value is -1.55. The fourth-order valence-corrected chi connectivity index (χ4v) is 2.08. The van der Waals surface area contributed by atoms with E-state index in [1.807, 2.05) is 25.1 Å². The molecule has 0 N–H and O–H groups in total. The van der Waals surface area contributed by atoms with Gasteiger partial charge in [0.1, 0.15) is 12.4 Å². The molecule has 1 atom stereocenters. The largest absolute Gasteiger partial charge is 0.490 e. The molecule has 0 spiro atoms. The van der Waals surface area contributed by atoms with Crippen LogP contribution in [0.4, 0.5) is 0 Å². The van der Waals surface area contributed by atoms with Crippen LogP contribution in [0, 0.1) is 0 Å². The summed E-state index contributed by atoms with van der Waals surface area (Å²) in [5, 5.41) is 0. The van der Waals surface area contributed by atoms with Crippen molar-refractivity contribution < 1.29 is 14.3 Å². The smallest absolute Gasteiger partial charge is 0.257 e. The van der Waals surface area contributed by atoms with Crippen LogP contribution in [0.2, 0.25) is 0 Å². The number of amides is 1. The maximum absolute atomic E-state index is 12.2. The second-order valence-corrected chi connectivity index (χ2v) is 4.76. The highest BCUT2D eigenvalue weighted by molar-refractivity contribution is 5.96. The molecule has 1 amide bonds. The van der Waals surface area contributed by atoms with E-state index in [0.717, 1.165) is 19.4 Å². The molecule has 0 bridgehead atoms. The minimum atomic E-state index is -0.00885. The van der Waals surface area contributed by atoms with Crippen molar-refractivity contribution in [1.29, 1.82) is 0 Å². The number of para-hydroxylation sites is 1. The highest BCUT2D eigenvalue weighted by atomic mass is 16.5. The van der Waals surface area contributed by atoms with Crippen molar-refractivity contribution >= 4 is 5.91 Å². The number of carbonyl (C=O) groups excluding carboxylic acids is 1. The van der Waals surface area contributed by atoms with Crippen LogP contribution in [-0.4, -0.2) is 43.7 Å². The van der Waals surface area contributed by atoms with Gasteiger partial charge in [0, 0.05) is 20.2 Å². The van der Waals surface area contributed by atoms with Gasteiger partial charge in [-0.05, 0) is 31.9 Å². The Balaban J connectivity index is 2.05. The zero-order chi connectivity index (χ0) is 13.7. The van der Waals surface area contributed by atoms with Crippen LogP contribution in [0.15, 0.2) is 24.3 Å². The first-order chi connectivity index (χ1) is 9.22. The zero-order valence-corrected chi connectivity index (χ0v) is 11.6. The van der Waals surface area contributed by atoms with Crippen LogP contribution in [0.1, 0.15) is 30.1 Å². The van der Waals surface area contributed by atoms with Crippen LogP contribution in [0.3, 0.4) is 0 Å². The van der Waals surface area contributed by atoms with Crippen molar-refractivity contribution in [3.8, 4) is 5.75 Å². The molecule has 0 saturated carbocycles. The summed E-state index contributed by atoms with van der Waals surface area (Å²) in [5.74, 6) is 0.633. The fourth-order valence-electron chi connectivity index (χ4n) is 2.08. The van der Waals surface area contributed by atoms with Crippen LogP contribution in [-0.2, 0) is 4.74 Å². The molecule has 2 rings (SSSR count). The van der Waals surface area contributed by atoms with Gasteiger partial charge in [0.15, 0.2) is 0 Å². The van der Waals surface area contributed by atoms with E-state index in [9.17, 15) is 4.79 Å². The standard InChI is InChI=1S/C15H21NO3/c1-3-16(2)15(17)13-8-4-5-9-14(13)19-11-12-7-6-10-18-12/h4-5,8-9,12H,3,6-7,10-11H2,1-2H3. The SMILES string of the molecule is CCN(C)C(=O)c1ccccc1OCC1CCCO1. The van der Waals surface area contributed by atoms with Crippen LogP contribution < -0.4 is 4.74 Å². The number of carbonyl (C=O) groups is 1. The van der Waals surface area contributed by atoms with Crippen molar-refractivity contribution in [2.75, 3.05) is 26.8 Å². The van der Waals surface area contributed by atoms with Gasteiger partial charge in [0.25, 0.3) is 5.91 Å². The first-order valence-corrected chi connectivity index (χ1v) is 6.81. The molecule has 1 aliphatic rings. The van der Waals surface area contributed by atoms with Gasteiger partial charge in [-0.1, -0.05) is 12.1 Å². The number of benzene rings is 1. The normalized spacial score (nSPS) is 18.3. The molecule has 4 heteroatoms. The second kappa shape index (κ2) is 6.57. The van der Waals surface area contributed by atoms with E-state index >= 15 is 0 Å². The first-order valence-electron chi connectivity index (χ1n) is 6.81. The molecule has 0 radical (unpaired) electrons. The second-order valence-electron chi connectivity index (χ2n) is 4.76. The number of ether oxygens (including phenoxy) is 2. The van der Waals surface area contributed by atoms with Gasteiger partial charge >= 0.3 is 0 Å². The molecule has 1 aromatic carbocycles. The van der Waals surface area contributed by atoms with Crippen LogP contribution in [0.25, 0.3) is 0 Å².